The fraction of sp³-hybridized carbons (Fsp3) is 0.273. The predicted molar refractivity (Wildman–Crippen MR) is 113 cm³/mol. The van der Waals surface area contributed by atoms with Crippen molar-refractivity contribution in [1.29, 1.82) is 0 Å². The third-order valence-electron chi connectivity index (χ3n) is 5.94. The van der Waals surface area contributed by atoms with Gasteiger partial charge in [-0.1, -0.05) is 35.8 Å². The van der Waals surface area contributed by atoms with E-state index in [2.05, 4.69) is 53.0 Å². The highest BCUT2D eigenvalue weighted by Crippen LogP contribution is 2.39. The zero-order chi connectivity index (χ0) is 18.9. The van der Waals surface area contributed by atoms with Crippen LogP contribution in [-0.4, -0.2) is 14.1 Å². The van der Waals surface area contributed by atoms with E-state index >= 15 is 0 Å². The number of aryl methyl sites for hydroxylation is 2. The van der Waals surface area contributed by atoms with E-state index in [4.69, 9.17) is 0 Å². The van der Waals surface area contributed by atoms with Crippen molar-refractivity contribution in [2.75, 3.05) is 0 Å². The topological polar surface area (TPSA) is 39.8 Å². The first-order valence-corrected chi connectivity index (χ1v) is 9.96. The third-order valence-corrected chi connectivity index (χ3v) is 6.43. The smallest absolute Gasteiger partial charge is 0.293 e. The Labute approximate surface area is 165 Å². The zero-order valence-electron chi connectivity index (χ0n) is 15.6. The summed E-state index contributed by atoms with van der Waals surface area (Å²) in [6.45, 7) is 4.58. The van der Waals surface area contributed by atoms with Crippen LogP contribution in [0.2, 0.25) is 0 Å². The Morgan fingerprint density at radius 2 is 1.96 bits per heavy atom. The summed E-state index contributed by atoms with van der Waals surface area (Å²) in [4.78, 5) is 17.7. The second kappa shape index (κ2) is 5.55. The van der Waals surface area contributed by atoms with Gasteiger partial charge < -0.3 is 0 Å². The van der Waals surface area contributed by atoms with Crippen LogP contribution in [0, 0.1) is 0 Å². The molecule has 1 aliphatic rings. The van der Waals surface area contributed by atoms with Gasteiger partial charge in [0.05, 0.1) is 28.4 Å². The summed E-state index contributed by atoms with van der Waals surface area (Å²) in [6.07, 6.45) is 4.00. The molecular formula is C22H20BrN3O. The van der Waals surface area contributed by atoms with Gasteiger partial charge in [-0.2, -0.15) is 0 Å². The summed E-state index contributed by atoms with van der Waals surface area (Å²) >= 11 is 3.56. The molecule has 0 bridgehead atoms. The fourth-order valence-electron chi connectivity index (χ4n) is 4.38. The monoisotopic (exact) mass is 421 g/mol. The molecule has 5 rings (SSSR count). The first kappa shape index (κ1) is 16.8. The molecule has 0 spiro atoms. The van der Waals surface area contributed by atoms with Gasteiger partial charge in [-0.05, 0) is 59.7 Å². The molecule has 1 aliphatic carbocycles. The first-order chi connectivity index (χ1) is 12.9. The molecule has 0 aliphatic heterocycles. The molecule has 136 valence electrons. The number of hydrogen-bond acceptors (Lipinski definition) is 2. The highest BCUT2D eigenvalue weighted by atomic mass is 79.9. The minimum absolute atomic E-state index is 0.0449. The number of halogens is 1. The van der Waals surface area contributed by atoms with Crippen LogP contribution in [0.15, 0.2) is 51.9 Å². The van der Waals surface area contributed by atoms with Gasteiger partial charge in [0.25, 0.3) is 0 Å². The van der Waals surface area contributed by atoms with Crippen molar-refractivity contribution in [3.05, 3.63) is 68.7 Å². The van der Waals surface area contributed by atoms with E-state index in [1.807, 2.05) is 29.8 Å². The van der Waals surface area contributed by atoms with E-state index < -0.39 is 0 Å². The van der Waals surface area contributed by atoms with E-state index in [-0.39, 0.29) is 11.1 Å². The van der Waals surface area contributed by atoms with Crippen LogP contribution >= 0.6 is 15.9 Å². The van der Waals surface area contributed by atoms with Gasteiger partial charge in [0.2, 0.25) is 0 Å². The normalized spacial score (nSPS) is 15.6. The second-order valence-electron chi connectivity index (χ2n) is 8.06. The molecule has 4 nitrogen and oxygen atoms in total. The lowest BCUT2D eigenvalue weighted by Gasteiger charge is -2.19. The average molecular weight is 422 g/mol. The fourth-order valence-corrected chi connectivity index (χ4v) is 4.74. The Balaban J connectivity index is 1.88. The summed E-state index contributed by atoms with van der Waals surface area (Å²) in [7, 11) is 1.81. The Bertz CT molecular complexity index is 1300. The minimum atomic E-state index is -0.0449. The molecule has 4 aromatic rings. The zero-order valence-corrected chi connectivity index (χ0v) is 17.2. The molecule has 2 aromatic heterocycles. The molecular weight excluding hydrogens is 402 g/mol. The molecule has 2 aromatic carbocycles. The number of rotatable bonds is 1. The Morgan fingerprint density at radius 1 is 1.15 bits per heavy atom. The van der Waals surface area contributed by atoms with Gasteiger partial charge in [-0.25, -0.2) is 4.79 Å². The molecule has 0 unspecified atom stereocenters. The lowest BCUT2D eigenvalue weighted by atomic mass is 9.86. The van der Waals surface area contributed by atoms with Crippen LogP contribution in [-0.2, 0) is 18.9 Å². The van der Waals surface area contributed by atoms with E-state index in [0.29, 0.717) is 0 Å². The highest BCUT2D eigenvalue weighted by molar-refractivity contribution is 9.10. The van der Waals surface area contributed by atoms with Crippen LogP contribution in [0.25, 0.3) is 27.6 Å². The minimum Gasteiger partial charge on any atom is -0.293 e. The largest absolute Gasteiger partial charge is 0.333 e. The summed E-state index contributed by atoms with van der Waals surface area (Å²) < 4.78 is 4.49. The lowest BCUT2D eigenvalue weighted by Crippen LogP contribution is -2.21. The van der Waals surface area contributed by atoms with Gasteiger partial charge in [-0.3, -0.25) is 14.1 Å². The molecule has 2 heterocycles. The van der Waals surface area contributed by atoms with Crippen LogP contribution < -0.4 is 5.69 Å². The summed E-state index contributed by atoms with van der Waals surface area (Å²) in [5.41, 5.74) is 6.46. The SMILES string of the molecule is Cn1c(=O)n(-c2ccc3c(c2)CCC3(C)C)c2c3cc(Br)ccc3ncc21. The maximum Gasteiger partial charge on any atom is 0.333 e. The number of aromatic nitrogens is 3. The molecule has 5 heteroatoms. The summed E-state index contributed by atoms with van der Waals surface area (Å²) in [5.74, 6) is 0. The average Bonchev–Trinajstić information content (AvgIpc) is 3.09. The lowest BCUT2D eigenvalue weighted by molar-refractivity contribution is 0.522. The standard InChI is InChI=1S/C22H20BrN3O/c1-22(2)9-8-13-10-15(5-6-17(13)22)26-20-16-11-14(23)4-7-18(16)24-12-19(20)25(3)21(26)27/h4-7,10-12H,8-9H2,1-3H3. The first-order valence-electron chi connectivity index (χ1n) is 9.16. The van der Waals surface area contributed by atoms with E-state index in [1.54, 1.807) is 10.8 Å². The van der Waals surface area contributed by atoms with E-state index in [0.717, 1.165) is 44.9 Å². The van der Waals surface area contributed by atoms with E-state index in [9.17, 15) is 4.79 Å². The van der Waals surface area contributed by atoms with Crippen molar-refractivity contribution in [3.8, 4) is 5.69 Å². The number of pyridine rings is 1. The Morgan fingerprint density at radius 3 is 2.78 bits per heavy atom. The van der Waals surface area contributed by atoms with Crippen molar-refractivity contribution >= 4 is 37.9 Å². The summed E-state index contributed by atoms with van der Waals surface area (Å²) in [5, 5.41) is 0.973. The molecule has 0 atom stereocenters. The van der Waals surface area contributed by atoms with Crippen molar-refractivity contribution in [2.24, 2.45) is 7.05 Å². The molecule has 0 saturated carbocycles. The maximum absolute atomic E-state index is 13.1. The van der Waals surface area contributed by atoms with E-state index in [1.165, 1.54) is 11.1 Å². The van der Waals surface area contributed by atoms with Crippen molar-refractivity contribution < 1.29 is 0 Å². The molecule has 0 N–H and O–H groups in total. The van der Waals surface area contributed by atoms with Gasteiger partial charge in [0, 0.05) is 16.9 Å². The van der Waals surface area contributed by atoms with Gasteiger partial charge >= 0.3 is 5.69 Å². The molecule has 27 heavy (non-hydrogen) atoms. The number of nitrogens with zero attached hydrogens (tertiary/aromatic N) is 3. The van der Waals surface area contributed by atoms with Gasteiger partial charge in [-0.15, -0.1) is 0 Å². The highest BCUT2D eigenvalue weighted by Gasteiger charge is 2.30. The van der Waals surface area contributed by atoms with Gasteiger partial charge in [0.1, 0.15) is 0 Å². The number of fused-ring (bicyclic) bond motifs is 4. The number of hydrogen-bond donors (Lipinski definition) is 0. The van der Waals surface area contributed by atoms with Gasteiger partial charge in [0.15, 0.2) is 0 Å². The Hall–Kier alpha value is -2.40. The third kappa shape index (κ3) is 2.34. The van der Waals surface area contributed by atoms with Crippen molar-refractivity contribution in [1.82, 2.24) is 14.1 Å². The Kier molecular flexibility index (Phi) is 3.44. The second-order valence-corrected chi connectivity index (χ2v) is 8.97. The number of benzene rings is 2. The molecule has 0 saturated heterocycles. The van der Waals surface area contributed by atoms with Crippen LogP contribution in [0.5, 0.6) is 0 Å². The summed E-state index contributed by atoms with van der Waals surface area (Å²) in [6, 6.07) is 12.5. The van der Waals surface area contributed by atoms with Crippen LogP contribution in [0.3, 0.4) is 0 Å². The van der Waals surface area contributed by atoms with Crippen LogP contribution in [0.4, 0.5) is 0 Å². The van der Waals surface area contributed by atoms with Crippen molar-refractivity contribution in [2.45, 2.75) is 32.1 Å². The molecule has 0 fully saturated rings. The number of imidazole rings is 1. The van der Waals surface area contributed by atoms with Crippen LogP contribution in [0.1, 0.15) is 31.4 Å². The maximum atomic E-state index is 13.1. The molecule has 0 amide bonds. The quantitative estimate of drug-likeness (QED) is 0.440. The molecule has 0 radical (unpaired) electrons. The predicted octanol–water partition coefficient (Wildman–Crippen LogP) is 4.86. The van der Waals surface area contributed by atoms with Crippen molar-refractivity contribution in [3.63, 3.8) is 0 Å².